The zero-order valence-corrected chi connectivity index (χ0v) is 15.9. The quantitative estimate of drug-likeness (QED) is 0.487. The van der Waals surface area contributed by atoms with E-state index in [9.17, 15) is 4.79 Å². The van der Waals surface area contributed by atoms with Crippen molar-refractivity contribution in [2.45, 2.75) is 4.90 Å². The average molecular weight is 387 g/mol. The molecule has 0 fully saturated rings. The van der Waals surface area contributed by atoms with E-state index in [2.05, 4.69) is 53.0 Å². The van der Waals surface area contributed by atoms with Gasteiger partial charge in [0.2, 0.25) is 0 Å². The molecule has 6 heteroatoms. The minimum Gasteiger partial charge on any atom is -0.478 e. The minimum atomic E-state index is -0.969. The molecule has 3 aromatic carbocycles. The summed E-state index contributed by atoms with van der Waals surface area (Å²) in [7, 11) is 0. The molecule has 4 rings (SSSR count). The first-order valence-corrected chi connectivity index (χ1v) is 9.87. The number of hydrogen-bond donors (Lipinski definition) is 1. The van der Waals surface area contributed by atoms with Crippen molar-refractivity contribution in [1.29, 1.82) is 0 Å². The molecule has 4 aromatic rings. The van der Waals surface area contributed by atoms with Crippen molar-refractivity contribution in [2.75, 3.05) is 6.26 Å². The van der Waals surface area contributed by atoms with Crippen molar-refractivity contribution in [3.8, 4) is 28.1 Å². The van der Waals surface area contributed by atoms with E-state index >= 15 is 0 Å². The number of aromatic nitrogens is 3. The predicted octanol–water partition coefficient (Wildman–Crippen LogP) is 5.02. The lowest BCUT2D eigenvalue weighted by Crippen LogP contribution is -2.00. The Morgan fingerprint density at radius 3 is 2.43 bits per heavy atom. The molecule has 0 aliphatic carbocycles. The Bertz CT molecular complexity index is 1140. The lowest BCUT2D eigenvalue weighted by molar-refractivity contribution is 0.0697. The summed E-state index contributed by atoms with van der Waals surface area (Å²) >= 11 is 1.72. The van der Waals surface area contributed by atoms with E-state index < -0.39 is 5.97 Å². The summed E-state index contributed by atoms with van der Waals surface area (Å²) in [5.41, 5.74) is 4.86. The number of rotatable bonds is 5. The molecule has 0 amide bonds. The average Bonchev–Trinajstić information content (AvgIpc) is 3.24. The first-order chi connectivity index (χ1) is 13.6. The van der Waals surface area contributed by atoms with Gasteiger partial charge >= 0.3 is 5.97 Å². The summed E-state index contributed by atoms with van der Waals surface area (Å²) in [6, 6.07) is 23.2. The Balaban J connectivity index is 1.60. The zero-order valence-electron chi connectivity index (χ0n) is 15.1. The Morgan fingerprint density at radius 1 is 0.929 bits per heavy atom. The number of thioether (sulfide) groups is 1. The van der Waals surface area contributed by atoms with Gasteiger partial charge in [0.25, 0.3) is 0 Å². The zero-order chi connectivity index (χ0) is 19.5. The van der Waals surface area contributed by atoms with Gasteiger partial charge in [-0.2, -0.15) is 0 Å². The molecule has 0 aliphatic heterocycles. The number of aromatic carboxylic acids is 1. The first kappa shape index (κ1) is 18.0. The van der Waals surface area contributed by atoms with Crippen molar-refractivity contribution in [3.63, 3.8) is 0 Å². The van der Waals surface area contributed by atoms with Crippen LogP contribution in [0.3, 0.4) is 0 Å². The molecule has 0 spiro atoms. The van der Waals surface area contributed by atoms with Crippen LogP contribution in [0.25, 0.3) is 28.1 Å². The molecule has 0 saturated carbocycles. The Morgan fingerprint density at radius 2 is 1.68 bits per heavy atom. The van der Waals surface area contributed by atoms with Gasteiger partial charge in [-0.15, -0.1) is 16.9 Å². The van der Waals surface area contributed by atoms with Crippen LogP contribution < -0.4 is 0 Å². The van der Waals surface area contributed by atoms with E-state index in [0.29, 0.717) is 5.69 Å². The van der Waals surface area contributed by atoms with Gasteiger partial charge in [-0.1, -0.05) is 47.7 Å². The van der Waals surface area contributed by atoms with E-state index in [1.807, 2.05) is 12.1 Å². The van der Waals surface area contributed by atoms with Crippen LogP contribution in [0.4, 0.5) is 0 Å². The van der Waals surface area contributed by atoms with Gasteiger partial charge in [0.15, 0.2) is 0 Å². The third-order valence-corrected chi connectivity index (χ3v) is 5.16. The highest BCUT2D eigenvalue weighted by Crippen LogP contribution is 2.27. The number of hydrogen-bond acceptors (Lipinski definition) is 4. The van der Waals surface area contributed by atoms with Crippen molar-refractivity contribution in [3.05, 3.63) is 84.6 Å². The summed E-state index contributed by atoms with van der Waals surface area (Å²) in [4.78, 5) is 12.4. The molecule has 0 radical (unpaired) electrons. The molecule has 1 heterocycles. The molecule has 0 aliphatic rings. The van der Waals surface area contributed by atoms with Gasteiger partial charge in [0, 0.05) is 10.5 Å². The van der Waals surface area contributed by atoms with Crippen LogP contribution in [-0.4, -0.2) is 32.3 Å². The minimum absolute atomic E-state index is 0.214. The fourth-order valence-electron chi connectivity index (χ4n) is 2.94. The normalized spacial score (nSPS) is 10.8. The van der Waals surface area contributed by atoms with Gasteiger partial charge in [-0.3, -0.25) is 0 Å². The fourth-order valence-corrected chi connectivity index (χ4v) is 3.40. The van der Waals surface area contributed by atoms with E-state index in [4.69, 9.17) is 5.11 Å². The van der Waals surface area contributed by atoms with Gasteiger partial charge < -0.3 is 5.11 Å². The summed E-state index contributed by atoms with van der Waals surface area (Å²) in [6.45, 7) is 0. The van der Waals surface area contributed by atoms with Gasteiger partial charge in [0.05, 0.1) is 17.4 Å². The fraction of sp³-hybridized carbons (Fsp3) is 0.0455. The molecule has 0 saturated heterocycles. The van der Waals surface area contributed by atoms with Crippen molar-refractivity contribution < 1.29 is 9.90 Å². The highest BCUT2D eigenvalue weighted by molar-refractivity contribution is 7.98. The largest absolute Gasteiger partial charge is 0.478 e. The second-order valence-corrected chi connectivity index (χ2v) is 7.09. The van der Waals surface area contributed by atoms with Crippen LogP contribution in [0.1, 0.15) is 10.4 Å². The highest BCUT2D eigenvalue weighted by atomic mass is 32.2. The van der Waals surface area contributed by atoms with Crippen LogP contribution in [0.5, 0.6) is 0 Å². The van der Waals surface area contributed by atoms with Crippen LogP contribution >= 0.6 is 11.8 Å². The van der Waals surface area contributed by atoms with Crippen LogP contribution in [0.2, 0.25) is 0 Å². The molecule has 0 atom stereocenters. The van der Waals surface area contributed by atoms with Crippen molar-refractivity contribution >= 4 is 17.7 Å². The van der Waals surface area contributed by atoms with Crippen LogP contribution in [0.15, 0.2) is 83.9 Å². The molecule has 138 valence electrons. The molecular weight excluding hydrogens is 370 g/mol. The third-order valence-electron chi connectivity index (χ3n) is 4.43. The predicted molar refractivity (Wildman–Crippen MR) is 111 cm³/mol. The van der Waals surface area contributed by atoms with Crippen LogP contribution in [-0.2, 0) is 0 Å². The Hall–Kier alpha value is -3.38. The SMILES string of the molecule is CSc1cccc(-c2ccc(-c3cn(-c4cccc(C(=O)O)c4)nn3)cc2)c1. The molecule has 28 heavy (non-hydrogen) atoms. The molecule has 0 bridgehead atoms. The van der Waals surface area contributed by atoms with E-state index in [1.54, 1.807) is 46.9 Å². The number of nitrogens with zero attached hydrogens (tertiary/aromatic N) is 3. The van der Waals surface area contributed by atoms with Crippen molar-refractivity contribution in [2.24, 2.45) is 0 Å². The van der Waals surface area contributed by atoms with Gasteiger partial charge in [0.1, 0.15) is 5.69 Å². The number of benzene rings is 3. The molecule has 1 N–H and O–H groups in total. The summed E-state index contributed by atoms with van der Waals surface area (Å²) in [5, 5.41) is 17.5. The molecule has 0 unspecified atom stereocenters. The standard InChI is InChI=1S/C22H17N3O2S/c1-28-20-7-3-4-17(13-20)15-8-10-16(11-9-15)21-14-25(24-23-21)19-6-2-5-18(12-19)22(26)27/h2-14H,1H3,(H,26,27). The summed E-state index contributed by atoms with van der Waals surface area (Å²) in [5.74, 6) is -0.969. The third kappa shape index (κ3) is 3.68. The monoisotopic (exact) mass is 387 g/mol. The topological polar surface area (TPSA) is 68.0 Å². The Labute approximate surface area is 166 Å². The highest BCUT2D eigenvalue weighted by Gasteiger charge is 2.09. The number of carbonyl (C=O) groups is 1. The maximum absolute atomic E-state index is 11.2. The lowest BCUT2D eigenvalue weighted by atomic mass is 10.0. The summed E-state index contributed by atoms with van der Waals surface area (Å²) < 4.78 is 1.58. The summed E-state index contributed by atoms with van der Waals surface area (Å²) in [6.07, 6.45) is 3.86. The smallest absolute Gasteiger partial charge is 0.335 e. The number of carboxylic acid groups (broad SMARTS) is 1. The first-order valence-electron chi connectivity index (χ1n) is 8.65. The molecule has 5 nitrogen and oxygen atoms in total. The second kappa shape index (κ2) is 7.70. The van der Waals surface area contributed by atoms with E-state index in [0.717, 1.165) is 16.8 Å². The van der Waals surface area contributed by atoms with Crippen molar-refractivity contribution in [1.82, 2.24) is 15.0 Å². The van der Waals surface area contributed by atoms with E-state index in [1.165, 1.54) is 10.5 Å². The maximum atomic E-state index is 11.2. The van der Waals surface area contributed by atoms with E-state index in [-0.39, 0.29) is 5.56 Å². The maximum Gasteiger partial charge on any atom is 0.335 e. The van der Waals surface area contributed by atoms with Gasteiger partial charge in [-0.05, 0) is 47.7 Å². The van der Waals surface area contributed by atoms with Crippen LogP contribution in [0, 0.1) is 0 Å². The molecular formula is C22H17N3O2S. The lowest BCUT2D eigenvalue weighted by Gasteiger charge is -2.05. The second-order valence-electron chi connectivity index (χ2n) is 6.21. The number of carboxylic acids is 1. The molecule has 1 aromatic heterocycles. The Kier molecular flexibility index (Phi) is 4.95. The van der Waals surface area contributed by atoms with Gasteiger partial charge in [-0.25, -0.2) is 9.48 Å².